The second-order valence-electron chi connectivity index (χ2n) is 10.7. The van der Waals surface area contributed by atoms with E-state index in [9.17, 15) is 23.1 Å². The molecular formula is C29H40N4O7S. The molecule has 0 aliphatic carbocycles. The number of rotatable bonds is 13. The third-order valence-electron chi connectivity index (χ3n) is 7.76. The van der Waals surface area contributed by atoms with Gasteiger partial charge in [-0.2, -0.15) is 4.31 Å². The molecule has 0 bridgehead atoms. The van der Waals surface area contributed by atoms with Crippen molar-refractivity contribution in [3.63, 3.8) is 0 Å². The van der Waals surface area contributed by atoms with Crippen molar-refractivity contribution in [1.82, 2.24) is 20.3 Å². The minimum Gasteiger partial charge on any atom is -0.454 e. The lowest BCUT2D eigenvalue weighted by molar-refractivity contribution is -0.132. The largest absolute Gasteiger partial charge is 0.454 e. The molecule has 41 heavy (non-hydrogen) atoms. The van der Waals surface area contributed by atoms with E-state index < -0.39 is 34.1 Å². The highest BCUT2D eigenvalue weighted by Gasteiger charge is 2.34. The summed E-state index contributed by atoms with van der Waals surface area (Å²) in [6.07, 6.45) is 1.26. The lowest BCUT2D eigenvalue weighted by Gasteiger charge is -2.31. The van der Waals surface area contributed by atoms with E-state index in [1.807, 2.05) is 44.2 Å². The van der Waals surface area contributed by atoms with Crippen molar-refractivity contribution >= 4 is 21.8 Å². The monoisotopic (exact) mass is 588 g/mol. The lowest BCUT2D eigenvalue weighted by atomic mass is 9.95. The molecule has 1 unspecified atom stereocenters. The molecule has 1 saturated heterocycles. The predicted octanol–water partition coefficient (Wildman–Crippen LogP) is 1.41. The van der Waals surface area contributed by atoms with Crippen LogP contribution < -0.4 is 25.4 Å². The van der Waals surface area contributed by atoms with Gasteiger partial charge in [-0.15, -0.1) is 0 Å². The number of fused-ring (bicyclic) bond motifs is 1. The Hall–Kier alpha value is -3.19. The molecule has 0 saturated carbocycles. The first-order valence-corrected chi connectivity index (χ1v) is 15.5. The van der Waals surface area contributed by atoms with Gasteiger partial charge in [0.1, 0.15) is 6.04 Å². The molecule has 0 radical (unpaired) electrons. The zero-order valence-electron chi connectivity index (χ0n) is 23.7. The van der Waals surface area contributed by atoms with Gasteiger partial charge >= 0.3 is 0 Å². The van der Waals surface area contributed by atoms with Gasteiger partial charge in [0.2, 0.25) is 28.6 Å². The van der Waals surface area contributed by atoms with E-state index in [4.69, 9.17) is 9.47 Å². The van der Waals surface area contributed by atoms with Crippen molar-refractivity contribution in [2.45, 2.75) is 68.7 Å². The summed E-state index contributed by atoms with van der Waals surface area (Å²) in [6, 6.07) is 11.7. The van der Waals surface area contributed by atoms with Gasteiger partial charge in [-0.05, 0) is 49.4 Å². The van der Waals surface area contributed by atoms with Crippen LogP contribution >= 0.6 is 0 Å². The van der Waals surface area contributed by atoms with Crippen LogP contribution in [0.4, 0.5) is 0 Å². The van der Waals surface area contributed by atoms with Gasteiger partial charge in [-0.25, -0.2) is 8.42 Å². The lowest BCUT2D eigenvalue weighted by Crippen LogP contribution is -2.58. The van der Waals surface area contributed by atoms with E-state index in [0.29, 0.717) is 24.3 Å². The average molecular weight is 589 g/mol. The van der Waals surface area contributed by atoms with Crippen molar-refractivity contribution in [1.29, 1.82) is 0 Å². The predicted molar refractivity (Wildman–Crippen MR) is 153 cm³/mol. The number of ether oxygens (including phenoxy) is 2. The number of nitrogens with one attached hydrogen (secondary N) is 3. The highest BCUT2D eigenvalue weighted by Crippen LogP contribution is 2.34. The minimum absolute atomic E-state index is 0.000152. The molecule has 4 N–H and O–H groups in total. The topological polar surface area (TPSA) is 146 Å². The maximum Gasteiger partial charge on any atom is 0.243 e. The second kappa shape index (κ2) is 13.6. The number of nitrogens with zero attached hydrogens (tertiary/aromatic N) is 1. The molecule has 2 aromatic rings. The maximum atomic E-state index is 13.6. The summed E-state index contributed by atoms with van der Waals surface area (Å²) in [4.78, 5) is 26.5. The van der Waals surface area contributed by atoms with E-state index in [2.05, 4.69) is 16.0 Å². The van der Waals surface area contributed by atoms with Gasteiger partial charge < -0.3 is 30.5 Å². The van der Waals surface area contributed by atoms with Gasteiger partial charge in [0.15, 0.2) is 11.5 Å². The number of sulfonamides is 1. The number of aliphatic hydroxyl groups excluding tert-OH is 1. The van der Waals surface area contributed by atoms with Crippen molar-refractivity contribution in [2.75, 3.05) is 26.9 Å². The number of likely N-dealkylation sites (N-methyl/N-ethyl adjacent to an activating group) is 1. The Labute approximate surface area is 241 Å². The Morgan fingerprint density at radius 1 is 1.12 bits per heavy atom. The zero-order valence-corrected chi connectivity index (χ0v) is 24.5. The molecule has 0 spiro atoms. The SMILES string of the molecule is CCC(C)[C@H](NC(=O)[C@@H]1CCCN1)C(=O)N[C@@H](Cc1ccccc1)[C@H](O)CN(C)S(=O)(=O)c1ccc2c(c1)OCO2. The normalized spacial score (nSPS) is 19.4. The number of hydrogen-bond donors (Lipinski definition) is 4. The summed E-state index contributed by atoms with van der Waals surface area (Å²) >= 11 is 0. The fourth-order valence-electron chi connectivity index (χ4n) is 4.99. The molecule has 1 fully saturated rings. The van der Waals surface area contributed by atoms with Crippen molar-refractivity contribution < 1.29 is 32.6 Å². The Morgan fingerprint density at radius 3 is 2.54 bits per heavy atom. The summed E-state index contributed by atoms with van der Waals surface area (Å²) in [6.45, 7) is 4.33. The standard InChI is InChI=1S/C29H40N4O7S/c1-4-19(2)27(32-28(35)22-11-8-14-30-22)29(36)31-23(15-20-9-6-5-7-10-20)24(34)17-33(3)41(37,38)21-12-13-25-26(16-21)40-18-39-25/h5-7,9-10,12-13,16,19,22-24,27,30,34H,4,8,11,14-15,17-18H2,1-3H3,(H,31,36)(H,32,35)/t19?,22-,23-,24+,27-/m0/s1. The van der Waals surface area contributed by atoms with E-state index >= 15 is 0 Å². The van der Waals surface area contributed by atoms with E-state index in [-0.39, 0.29) is 42.5 Å². The van der Waals surface area contributed by atoms with Gasteiger partial charge in [0.05, 0.1) is 23.1 Å². The summed E-state index contributed by atoms with van der Waals surface area (Å²) in [5, 5.41) is 20.3. The van der Waals surface area contributed by atoms with E-state index in [1.54, 1.807) is 0 Å². The smallest absolute Gasteiger partial charge is 0.243 e. The zero-order chi connectivity index (χ0) is 29.6. The fraction of sp³-hybridized carbons (Fsp3) is 0.517. The quantitative estimate of drug-likeness (QED) is 0.275. The first-order valence-electron chi connectivity index (χ1n) is 14.0. The van der Waals surface area contributed by atoms with E-state index in [1.165, 1.54) is 25.2 Å². The van der Waals surface area contributed by atoms with Crippen LogP contribution in [0.5, 0.6) is 11.5 Å². The fourth-order valence-corrected chi connectivity index (χ4v) is 6.20. The molecule has 0 aromatic heterocycles. The number of amides is 2. The highest BCUT2D eigenvalue weighted by molar-refractivity contribution is 7.89. The van der Waals surface area contributed by atoms with Crippen molar-refractivity contribution in [3.05, 3.63) is 54.1 Å². The Balaban J connectivity index is 1.51. The number of benzene rings is 2. The summed E-state index contributed by atoms with van der Waals surface area (Å²) < 4.78 is 38.3. The van der Waals surface area contributed by atoms with Crippen LogP contribution in [0.1, 0.15) is 38.7 Å². The van der Waals surface area contributed by atoms with Crippen LogP contribution in [0.3, 0.4) is 0 Å². The van der Waals surface area contributed by atoms with Crippen LogP contribution in [-0.4, -0.2) is 80.8 Å². The number of aliphatic hydroxyl groups is 1. The summed E-state index contributed by atoms with van der Waals surface area (Å²) in [5.41, 5.74) is 0.859. The van der Waals surface area contributed by atoms with Crippen LogP contribution in [0.25, 0.3) is 0 Å². The Kier molecular flexibility index (Phi) is 10.2. The average Bonchev–Trinajstić information content (AvgIpc) is 3.67. The Morgan fingerprint density at radius 2 is 1.85 bits per heavy atom. The molecule has 4 rings (SSSR count). The number of carbonyl (C=O) groups excluding carboxylic acids is 2. The second-order valence-corrected chi connectivity index (χ2v) is 12.7. The first-order chi connectivity index (χ1) is 19.6. The number of hydrogen-bond acceptors (Lipinski definition) is 8. The molecule has 2 amide bonds. The van der Waals surface area contributed by atoms with Crippen LogP contribution in [0.2, 0.25) is 0 Å². The molecule has 11 nitrogen and oxygen atoms in total. The van der Waals surface area contributed by atoms with Gasteiger partial charge in [-0.3, -0.25) is 9.59 Å². The highest BCUT2D eigenvalue weighted by atomic mass is 32.2. The number of carbonyl (C=O) groups is 2. The Bertz CT molecular complexity index is 1300. The van der Waals surface area contributed by atoms with Gasteiger partial charge in [0.25, 0.3) is 0 Å². The van der Waals surface area contributed by atoms with Crippen LogP contribution in [0, 0.1) is 5.92 Å². The van der Waals surface area contributed by atoms with Crippen LogP contribution in [-0.2, 0) is 26.0 Å². The molecular weight excluding hydrogens is 548 g/mol. The molecule has 2 aliphatic rings. The third kappa shape index (κ3) is 7.56. The summed E-state index contributed by atoms with van der Waals surface area (Å²) in [7, 11) is -2.61. The van der Waals surface area contributed by atoms with Gasteiger partial charge in [-0.1, -0.05) is 50.6 Å². The van der Waals surface area contributed by atoms with Gasteiger partial charge in [0, 0.05) is 19.7 Å². The molecule has 2 aromatic carbocycles. The molecule has 2 aliphatic heterocycles. The van der Waals surface area contributed by atoms with Crippen molar-refractivity contribution in [2.24, 2.45) is 5.92 Å². The van der Waals surface area contributed by atoms with Crippen LogP contribution in [0.15, 0.2) is 53.4 Å². The minimum atomic E-state index is -3.99. The first kappa shape index (κ1) is 30.8. The molecule has 12 heteroatoms. The molecule has 224 valence electrons. The summed E-state index contributed by atoms with van der Waals surface area (Å²) in [5.74, 6) is -0.0160. The van der Waals surface area contributed by atoms with E-state index in [0.717, 1.165) is 22.8 Å². The molecule has 2 heterocycles. The molecule has 5 atom stereocenters. The third-order valence-corrected chi connectivity index (χ3v) is 9.58. The van der Waals surface area contributed by atoms with Crippen molar-refractivity contribution in [3.8, 4) is 11.5 Å². The maximum absolute atomic E-state index is 13.6.